The predicted molar refractivity (Wildman–Crippen MR) is 207 cm³/mol. The van der Waals surface area contributed by atoms with E-state index in [9.17, 15) is 39.6 Å². The number of carbonyl (C=O) groups is 4. The summed E-state index contributed by atoms with van der Waals surface area (Å²) in [6, 6.07) is 26.4. The maximum Gasteiger partial charge on any atom is 2.00 e. The van der Waals surface area contributed by atoms with E-state index >= 15 is 0 Å². The number of rotatable bonds is 4. The molecule has 18 heteroatoms. The van der Waals surface area contributed by atoms with E-state index in [2.05, 4.69) is 0 Å². The average Bonchev–Trinajstić information content (AvgIpc) is 3.09. The molecule has 282 valence electrons. The second-order valence-corrected chi connectivity index (χ2v) is 12.2. The molecule has 0 spiro atoms. The fraction of sp³-hybridized carbons (Fsp3) is 0.125. The molecule has 0 heterocycles. The van der Waals surface area contributed by atoms with Crippen LogP contribution < -0.4 is 20.4 Å². The summed E-state index contributed by atoms with van der Waals surface area (Å²) in [6.07, 6.45) is 0. The van der Waals surface area contributed by atoms with Crippen molar-refractivity contribution in [1.29, 1.82) is 0 Å². The van der Waals surface area contributed by atoms with Gasteiger partial charge in [-0.25, -0.2) is 0 Å². The number of aliphatic hydroxyl groups excluding tert-OH is 4. The third kappa shape index (κ3) is 32.5. The summed E-state index contributed by atoms with van der Waals surface area (Å²) in [5.74, 6) is -4.51. The van der Waals surface area contributed by atoms with Crippen LogP contribution in [0.4, 0.5) is 0 Å². The fourth-order valence-corrected chi connectivity index (χ4v) is 4.63. The van der Waals surface area contributed by atoms with Crippen molar-refractivity contribution in [3.05, 3.63) is 134 Å². The van der Waals surface area contributed by atoms with Crippen LogP contribution in [0, 0.1) is 14.3 Å². The van der Waals surface area contributed by atoms with Crippen LogP contribution in [-0.4, -0.2) is 72.7 Å². The number of aromatic carboxylic acids is 4. The number of hydrogen-bond donors (Lipinski definition) is 4. The van der Waals surface area contributed by atoms with Crippen molar-refractivity contribution >= 4 is 114 Å². The second-order valence-electron chi connectivity index (χ2n) is 7.19. The minimum atomic E-state index is -1.13. The summed E-state index contributed by atoms with van der Waals surface area (Å²) in [4.78, 5) is 41.0. The molecule has 50 heavy (non-hydrogen) atoms. The molecular weight excluding hydrogens is 1210 g/mol. The van der Waals surface area contributed by atoms with Crippen LogP contribution in [0.1, 0.15) is 41.4 Å². The Morgan fingerprint density at radius 3 is 0.600 bits per heavy atom. The molecule has 0 saturated carbocycles. The standard InChI is InChI=1S/4C7H5IO2.4CH4O.2Cu/c4*8-6-3-1-2-5(4-6)7(9)10;4*1-2;;/h4*1-4H,(H,9,10);4*2H,1H3;;/q;;;;;;;;2*+2/p-4. The Morgan fingerprint density at radius 1 is 0.380 bits per heavy atom. The molecule has 0 saturated heterocycles. The van der Waals surface area contributed by atoms with Crippen LogP contribution in [0.2, 0.25) is 0 Å². The van der Waals surface area contributed by atoms with Gasteiger partial charge in [-0.15, -0.1) is 0 Å². The van der Waals surface area contributed by atoms with Crippen LogP contribution in [0.15, 0.2) is 97.1 Å². The summed E-state index contributed by atoms with van der Waals surface area (Å²) in [7, 11) is 4.00. The van der Waals surface area contributed by atoms with Crippen LogP contribution in [0.3, 0.4) is 0 Å². The Kier molecular flexibility index (Phi) is 48.9. The van der Waals surface area contributed by atoms with Gasteiger partial charge in [-0.1, -0.05) is 48.5 Å². The largest absolute Gasteiger partial charge is 2.00 e. The molecule has 0 unspecified atom stereocenters. The van der Waals surface area contributed by atoms with Crippen molar-refractivity contribution in [2.45, 2.75) is 0 Å². The first kappa shape index (κ1) is 60.6. The van der Waals surface area contributed by atoms with Crippen molar-refractivity contribution < 1.29 is 94.2 Å². The first-order valence-corrected chi connectivity index (χ1v) is 16.8. The Hall–Kier alpha value is -1.44. The van der Waals surface area contributed by atoms with Crippen LogP contribution in [-0.2, 0) is 34.1 Å². The summed E-state index contributed by atoms with van der Waals surface area (Å²) >= 11 is 8.19. The van der Waals surface area contributed by atoms with E-state index in [0.717, 1.165) is 42.7 Å². The molecule has 0 fully saturated rings. The molecule has 4 aromatic carbocycles. The maximum absolute atomic E-state index is 10.2. The van der Waals surface area contributed by atoms with E-state index in [1.165, 1.54) is 24.3 Å². The second kappa shape index (κ2) is 40.3. The Morgan fingerprint density at radius 2 is 0.520 bits per heavy atom. The van der Waals surface area contributed by atoms with Gasteiger partial charge in [-0.3, -0.25) is 0 Å². The first-order chi connectivity index (χ1) is 22.8. The van der Waals surface area contributed by atoms with Gasteiger partial charge in [0.25, 0.3) is 0 Å². The van der Waals surface area contributed by atoms with Gasteiger partial charge in [-0.2, -0.15) is 0 Å². The van der Waals surface area contributed by atoms with Crippen LogP contribution >= 0.6 is 90.4 Å². The molecule has 2 radical (unpaired) electrons. The molecular formula is C32H32Cu2I4O12. The van der Waals surface area contributed by atoms with Gasteiger partial charge in [0, 0.05) is 42.7 Å². The molecule has 4 N–H and O–H groups in total. The number of aliphatic hydroxyl groups is 4. The molecule has 4 rings (SSSR count). The summed E-state index contributed by atoms with van der Waals surface area (Å²) in [6.45, 7) is 0. The van der Waals surface area contributed by atoms with Gasteiger partial charge in [0.05, 0.1) is 23.9 Å². The third-order valence-corrected chi connectivity index (χ3v) is 6.93. The Bertz CT molecular complexity index is 1280. The summed E-state index contributed by atoms with van der Waals surface area (Å²) in [5, 5.41) is 69.0. The van der Waals surface area contributed by atoms with Crippen molar-refractivity contribution in [3.8, 4) is 0 Å². The number of halogens is 4. The van der Waals surface area contributed by atoms with E-state index in [4.69, 9.17) is 20.4 Å². The first-order valence-electron chi connectivity index (χ1n) is 12.5. The molecule has 0 amide bonds. The Balaban J connectivity index is -0.000000119. The van der Waals surface area contributed by atoms with Crippen molar-refractivity contribution in [3.63, 3.8) is 0 Å². The van der Waals surface area contributed by atoms with E-state index in [-0.39, 0.29) is 56.4 Å². The van der Waals surface area contributed by atoms with Gasteiger partial charge in [0.2, 0.25) is 0 Å². The van der Waals surface area contributed by atoms with Gasteiger partial charge >= 0.3 is 34.1 Å². The zero-order chi connectivity index (χ0) is 38.2. The van der Waals surface area contributed by atoms with Crippen molar-refractivity contribution in [1.82, 2.24) is 0 Å². The minimum Gasteiger partial charge on any atom is -0.545 e. The minimum absolute atomic E-state index is 0. The number of carboxylic acids is 4. The molecule has 4 aromatic rings. The molecule has 0 bridgehead atoms. The van der Waals surface area contributed by atoms with E-state index in [0.29, 0.717) is 0 Å². The van der Waals surface area contributed by atoms with Crippen LogP contribution in [0.25, 0.3) is 0 Å². The van der Waals surface area contributed by atoms with E-state index in [1.807, 2.05) is 115 Å². The topological polar surface area (TPSA) is 241 Å². The van der Waals surface area contributed by atoms with Gasteiger partial charge in [0.1, 0.15) is 0 Å². The number of carboxylic acid groups (broad SMARTS) is 4. The monoisotopic (exact) mass is 1240 g/mol. The summed E-state index contributed by atoms with van der Waals surface area (Å²) in [5.41, 5.74) is 0.914. The Labute approximate surface area is 366 Å². The molecule has 0 aliphatic rings. The number of hydrogen-bond acceptors (Lipinski definition) is 12. The SMILES string of the molecule is CO.CO.CO.CO.O=C([O-])c1cccc(I)c1.O=C([O-])c1cccc(I)c1.O=C([O-])c1cccc(I)c1.O=C([O-])c1cccc(I)c1.[Cu+2].[Cu+2]. The van der Waals surface area contributed by atoms with Crippen LogP contribution in [0.5, 0.6) is 0 Å². The molecule has 0 aliphatic heterocycles. The zero-order valence-corrected chi connectivity index (χ0v) is 36.9. The van der Waals surface area contributed by atoms with E-state index in [1.54, 1.807) is 48.5 Å². The third-order valence-electron chi connectivity index (χ3n) is 4.24. The van der Waals surface area contributed by atoms with Crippen molar-refractivity contribution in [2.75, 3.05) is 28.4 Å². The molecule has 0 aliphatic carbocycles. The fourth-order valence-electron chi connectivity index (χ4n) is 2.46. The average molecular weight is 1240 g/mol. The van der Waals surface area contributed by atoms with Gasteiger partial charge in [0.15, 0.2) is 0 Å². The molecule has 0 atom stereocenters. The predicted octanol–water partition coefficient (Wildman–Crippen LogP) is 1.05. The van der Waals surface area contributed by atoms with E-state index < -0.39 is 23.9 Å². The number of carbonyl (C=O) groups excluding carboxylic acids is 4. The quantitative estimate of drug-likeness (QED) is 0.166. The van der Waals surface area contributed by atoms with Crippen molar-refractivity contribution in [2.24, 2.45) is 0 Å². The smallest absolute Gasteiger partial charge is 0.545 e. The zero-order valence-electron chi connectivity index (χ0n) is 26.4. The summed E-state index contributed by atoms with van der Waals surface area (Å²) < 4.78 is 3.61. The maximum atomic E-state index is 10.2. The molecule has 12 nitrogen and oxygen atoms in total. The molecule has 0 aromatic heterocycles. The normalized spacial score (nSPS) is 7.92. The van der Waals surface area contributed by atoms with Gasteiger partial charge < -0.3 is 60.0 Å². The van der Waals surface area contributed by atoms with Gasteiger partial charge in [-0.05, 0) is 161 Å². The number of benzene rings is 4.